The molecule has 2 rings (SSSR count). The van der Waals surface area contributed by atoms with E-state index in [0.29, 0.717) is 0 Å². The molecule has 1 atom stereocenters. The first-order valence-corrected chi connectivity index (χ1v) is 7.15. The molecule has 0 saturated heterocycles. The van der Waals surface area contributed by atoms with Crippen molar-refractivity contribution >= 4 is 0 Å². The molecular weight excluding hydrogens is 182 g/mol. The minimum atomic E-state index is 0.874. The first kappa shape index (κ1) is 11.4. The Morgan fingerprint density at radius 2 is 1.53 bits per heavy atom. The maximum atomic E-state index is 3.84. The van der Waals surface area contributed by atoms with E-state index in [2.05, 4.69) is 12.2 Å². The van der Waals surface area contributed by atoms with Gasteiger partial charge in [0.15, 0.2) is 0 Å². The fourth-order valence-corrected chi connectivity index (χ4v) is 3.32. The largest absolute Gasteiger partial charge is 0.313 e. The molecule has 2 aliphatic rings. The van der Waals surface area contributed by atoms with Crippen molar-refractivity contribution in [1.82, 2.24) is 5.32 Å². The van der Waals surface area contributed by atoms with E-state index in [1.54, 1.807) is 0 Å². The molecule has 0 aromatic heterocycles. The monoisotopic (exact) mass is 209 g/mol. The zero-order valence-corrected chi connectivity index (χ0v) is 10.3. The molecule has 88 valence electrons. The Balaban J connectivity index is 1.84. The number of hydrogen-bond acceptors (Lipinski definition) is 1. The van der Waals surface area contributed by atoms with Crippen LogP contribution in [0.15, 0.2) is 0 Å². The predicted octanol–water partition coefficient (Wildman–Crippen LogP) is 3.74. The Morgan fingerprint density at radius 3 is 2.00 bits per heavy atom. The standard InChI is InChI=1S/C14H27N/c1-2-11-15-14(13-9-6-10-13)12-7-4-3-5-8-12/h12-15H,2-11H2,1H3. The molecule has 0 bridgehead atoms. The van der Waals surface area contributed by atoms with Gasteiger partial charge in [0.1, 0.15) is 0 Å². The second-order valence-electron chi connectivity index (χ2n) is 5.57. The lowest BCUT2D eigenvalue weighted by atomic mass is 9.71. The van der Waals surface area contributed by atoms with Crippen molar-refractivity contribution in [2.45, 2.75) is 70.8 Å². The number of nitrogens with one attached hydrogen (secondary N) is 1. The molecule has 15 heavy (non-hydrogen) atoms. The fourth-order valence-electron chi connectivity index (χ4n) is 3.32. The highest BCUT2D eigenvalue weighted by Crippen LogP contribution is 2.37. The molecule has 2 fully saturated rings. The van der Waals surface area contributed by atoms with Gasteiger partial charge in [-0.3, -0.25) is 0 Å². The third-order valence-corrected chi connectivity index (χ3v) is 4.45. The molecule has 0 aromatic rings. The van der Waals surface area contributed by atoms with Crippen LogP contribution in [0.3, 0.4) is 0 Å². The summed E-state index contributed by atoms with van der Waals surface area (Å²) in [7, 11) is 0. The Labute approximate surface area is 95.0 Å². The van der Waals surface area contributed by atoms with Crippen LogP contribution in [0.4, 0.5) is 0 Å². The molecule has 0 radical (unpaired) electrons. The minimum Gasteiger partial charge on any atom is -0.313 e. The summed E-state index contributed by atoms with van der Waals surface area (Å²) in [5.41, 5.74) is 0. The smallest absolute Gasteiger partial charge is 0.0124 e. The molecule has 1 nitrogen and oxygen atoms in total. The highest BCUT2D eigenvalue weighted by atomic mass is 14.9. The van der Waals surface area contributed by atoms with E-state index in [4.69, 9.17) is 0 Å². The van der Waals surface area contributed by atoms with Crippen LogP contribution in [-0.4, -0.2) is 12.6 Å². The maximum absolute atomic E-state index is 3.84. The summed E-state index contributed by atoms with van der Waals surface area (Å²) in [6.45, 7) is 3.52. The average Bonchev–Trinajstić information content (AvgIpc) is 2.22. The first-order chi connectivity index (χ1) is 7.42. The van der Waals surface area contributed by atoms with Crippen LogP contribution < -0.4 is 5.32 Å². The van der Waals surface area contributed by atoms with Crippen molar-refractivity contribution in [3.8, 4) is 0 Å². The Hall–Kier alpha value is -0.0400. The molecule has 1 N–H and O–H groups in total. The minimum absolute atomic E-state index is 0.874. The van der Waals surface area contributed by atoms with Gasteiger partial charge in [-0.1, -0.05) is 32.6 Å². The van der Waals surface area contributed by atoms with Crippen LogP contribution in [0.25, 0.3) is 0 Å². The summed E-state index contributed by atoms with van der Waals surface area (Å²) >= 11 is 0. The zero-order valence-electron chi connectivity index (χ0n) is 10.3. The molecule has 1 unspecified atom stereocenters. The lowest BCUT2D eigenvalue weighted by molar-refractivity contribution is 0.146. The first-order valence-electron chi connectivity index (χ1n) is 7.15. The van der Waals surface area contributed by atoms with Crippen LogP contribution in [0.5, 0.6) is 0 Å². The Kier molecular flexibility index (Phi) is 4.49. The van der Waals surface area contributed by atoms with E-state index in [1.165, 1.54) is 64.3 Å². The summed E-state index contributed by atoms with van der Waals surface area (Å²) < 4.78 is 0. The molecule has 0 aliphatic heterocycles. The van der Waals surface area contributed by atoms with Gasteiger partial charge >= 0.3 is 0 Å². The molecule has 2 saturated carbocycles. The van der Waals surface area contributed by atoms with E-state index >= 15 is 0 Å². The van der Waals surface area contributed by atoms with Crippen molar-refractivity contribution in [3.63, 3.8) is 0 Å². The SMILES string of the molecule is CCCNC(C1CCCCC1)C1CCC1. The highest BCUT2D eigenvalue weighted by molar-refractivity contribution is 4.88. The molecule has 1 heteroatoms. The van der Waals surface area contributed by atoms with Gasteiger partial charge in [0.25, 0.3) is 0 Å². The van der Waals surface area contributed by atoms with Crippen LogP contribution in [-0.2, 0) is 0 Å². The summed E-state index contributed by atoms with van der Waals surface area (Å²) in [5.74, 6) is 2.04. The van der Waals surface area contributed by atoms with Crippen molar-refractivity contribution in [3.05, 3.63) is 0 Å². The zero-order chi connectivity index (χ0) is 10.5. The quantitative estimate of drug-likeness (QED) is 0.727. The van der Waals surface area contributed by atoms with E-state index < -0.39 is 0 Å². The van der Waals surface area contributed by atoms with Crippen molar-refractivity contribution < 1.29 is 0 Å². The van der Waals surface area contributed by atoms with E-state index in [1.807, 2.05) is 0 Å². The van der Waals surface area contributed by atoms with Crippen molar-refractivity contribution in [1.29, 1.82) is 0 Å². The second kappa shape index (κ2) is 5.89. The highest BCUT2D eigenvalue weighted by Gasteiger charge is 2.33. The van der Waals surface area contributed by atoms with E-state index in [0.717, 1.165) is 17.9 Å². The molecule has 0 amide bonds. The number of rotatable bonds is 5. The average molecular weight is 209 g/mol. The van der Waals surface area contributed by atoms with Gasteiger partial charge in [-0.05, 0) is 50.5 Å². The third-order valence-electron chi connectivity index (χ3n) is 4.45. The van der Waals surface area contributed by atoms with E-state index in [9.17, 15) is 0 Å². The molecule has 0 aromatic carbocycles. The molecule has 2 aliphatic carbocycles. The third kappa shape index (κ3) is 2.96. The van der Waals surface area contributed by atoms with Crippen LogP contribution >= 0.6 is 0 Å². The maximum Gasteiger partial charge on any atom is 0.0124 e. The van der Waals surface area contributed by atoms with Crippen LogP contribution in [0.1, 0.15) is 64.7 Å². The van der Waals surface area contributed by atoms with Gasteiger partial charge in [0.2, 0.25) is 0 Å². The topological polar surface area (TPSA) is 12.0 Å². The van der Waals surface area contributed by atoms with Crippen LogP contribution in [0, 0.1) is 11.8 Å². The van der Waals surface area contributed by atoms with Gasteiger partial charge in [-0.25, -0.2) is 0 Å². The summed E-state index contributed by atoms with van der Waals surface area (Å²) in [4.78, 5) is 0. The normalized spacial score (nSPS) is 26.2. The van der Waals surface area contributed by atoms with Gasteiger partial charge in [0, 0.05) is 6.04 Å². The summed E-state index contributed by atoms with van der Waals surface area (Å²) in [6.07, 6.45) is 13.2. The van der Waals surface area contributed by atoms with Crippen molar-refractivity contribution in [2.24, 2.45) is 11.8 Å². The summed E-state index contributed by atoms with van der Waals surface area (Å²) in [5, 5.41) is 3.84. The van der Waals surface area contributed by atoms with E-state index in [-0.39, 0.29) is 0 Å². The fraction of sp³-hybridized carbons (Fsp3) is 1.00. The Morgan fingerprint density at radius 1 is 0.933 bits per heavy atom. The van der Waals surface area contributed by atoms with Gasteiger partial charge < -0.3 is 5.32 Å². The van der Waals surface area contributed by atoms with Gasteiger partial charge in [-0.15, -0.1) is 0 Å². The number of hydrogen-bond donors (Lipinski definition) is 1. The second-order valence-corrected chi connectivity index (χ2v) is 5.57. The van der Waals surface area contributed by atoms with Gasteiger partial charge in [-0.2, -0.15) is 0 Å². The molecular formula is C14H27N. The molecule has 0 spiro atoms. The predicted molar refractivity (Wildman–Crippen MR) is 66.0 cm³/mol. The summed E-state index contributed by atoms with van der Waals surface area (Å²) in [6, 6.07) is 0.874. The Bertz CT molecular complexity index is 168. The lowest BCUT2D eigenvalue weighted by Gasteiger charge is -2.41. The lowest BCUT2D eigenvalue weighted by Crippen LogP contribution is -2.45. The van der Waals surface area contributed by atoms with Crippen molar-refractivity contribution in [2.75, 3.05) is 6.54 Å². The van der Waals surface area contributed by atoms with Gasteiger partial charge in [0.05, 0.1) is 0 Å². The molecule has 0 heterocycles. The van der Waals surface area contributed by atoms with Crippen LogP contribution in [0.2, 0.25) is 0 Å².